The number of benzene rings is 2. The summed E-state index contributed by atoms with van der Waals surface area (Å²) in [5.41, 5.74) is 2.07. The highest BCUT2D eigenvalue weighted by molar-refractivity contribution is 5.75. The first-order chi connectivity index (χ1) is 9.77. The van der Waals surface area contributed by atoms with Gasteiger partial charge in [0, 0.05) is 0 Å². The van der Waals surface area contributed by atoms with E-state index in [0.717, 1.165) is 18.4 Å². The topological polar surface area (TPSA) is 49.3 Å². The van der Waals surface area contributed by atoms with Gasteiger partial charge in [0.25, 0.3) is 0 Å². The van der Waals surface area contributed by atoms with Crippen LogP contribution in [0.15, 0.2) is 60.7 Å². The van der Waals surface area contributed by atoms with Gasteiger partial charge in [-0.05, 0) is 30.5 Å². The molecule has 0 aromatic heterocycles. The van der Waals surface area contributed by atoms with E-state index in [1.165, 1.54) is 5.56 Å². The second-order valence-electron chi connectivity index (χ2n) is 4.73. The molecule has 0 fully saturated rings. The summed E-state index contributed by atoms with van der Waals surface area (Å²) < 4.78 is 0. The zero-order chi connectivity index (χ0) is 14.2. The highest BCUT2D eigenvalue weighted by Gasteiger charge is 2.17. The van der Waals surface area contributed by atoms with Crippen molar-refractivity contribution in [2.45, 2.75) is 18.9 Å². The van der Waals surface area contributed by atoms with Crippen LogP contribution in [-0.4, -0.2) is 17.6 Å². The molecule has 1 unspecified atom stereocenters. The molecule has 3 heteroatoms. The normalized spacial score (nSPS) is 12.0. The molecule has 0 saturated heterocycles. The summed E-state index contributed by atoms with van der Waals surface area (Å²) in [7, 11) is 0. The van der Waals surface area contributed by atoms with Gasteiger partial charge in [-0.3, -0.25) is 4.79 Å². The average molecular weight is 269 g/mol. The van der Waals surface area contributed by atoms with E-state index >= 15 is 0 Å². The number of rotatable bonds is 7. The van der Waals surface area contributed by atoms with Gasteiger partial charge in [0.05, 0.1) is 0 Å². The maximum atomic E-state index is 11.3. The Morgan fingerprint density at radius 1 is 1.00 bits per heavy atom. The maximum absolute atomic E-state index is 11.3. The van der Waals surface area contributed by atoms with Gasteiger partial charge in [-0.15, -0.1) is 0 Å². The lowest BCUT2D eigenvalue weighted by Gasteiger charge is -2.14. The lowest BCUT2D eigenvalue weighted by Crippen LogP contribution is -2.29. The molecule has 0 radical (unpaired) electrons. The van der Waals surface area contributed by atoms with Gasteiger partial charge in [0.2, 0.25) is 0 Å². The monoisotopic (exact) mass is 269 g/mol. The van der Waals surface area contributed by atoms with Crippen molar-refractivity contribution < 1.29 is 9.90 Å². The number of aliphatic carboxylic acids is 1. The molecule has 0 saturated carbocycles. The van der Waals surface area contributed by atoms with E-state index in [2.05, 4.69) is 17.4 Å². The van der Waals surface area contributed by atoms with Crippen LogP contribution < -0.4 is 5.32 Å². The number of aryl methyl sites for hydroxylation is 1. The van der Waals surface area contributed by atoms with E-state index in [4.69, 9.17) is 0 Å². The summed E-state index contributed by atoms with van der Waals surface area (Å²) in [5.74, 6) is -0.837. The Balaban J connectivity index is 1.83. The molecule has 0 spiro atoms. The second kappa shape index (κ2) is 7.46. The predicted octanol–water partition coefficient (Wildman–Crippen LogP) is 3.03. The summed E-state index contributed by atoms with van der Waals surface area (Å²) in [6.07, 6.45) is 1.87. The van der Waals surface area contributed by atoms with E-state index in [9.17, 15) is 9.90 Å². The van der Waals surface area contributed by atoms with Crippen molar-refractivity contribution in [3.63, 3.8) is 0 Å². The maximum Gasteiger partial charge on any atom is 0.325 e. The Kier molecular flexibility index (Phi) is 5.33. The molecule has 2 aromatic carbocycles. The molecule has 104 valence electrons. The molecule has 2 N–H and O–H groups in total. The standard InChI is InChI=1S/C17H19NO2/c19-17(20)16(15-11-5-2-6-12-15)18-13-7-10-14-8-3-1-4-9-14/h1-6,8-9,11-12,16,18H,7,10,13H2,(H,19,20). The minimum Gasteiger partial charge on any atom is -0.480 e. The summed E-state index contributed by atoms with van der Waals surface area (Å²) in [4.78, 5) is 11.3. The molecule has 0 aliphatic heterocycles. The fourth-order valence-electron chi connectivity index (χ4n) is 2.18. The van der Waals surface area contributed by atoms with Crippen LogP contribution in [0.5, 0.6) is 0 Å². The number of carboxylic acids is 1. The van der Waals surface area contributed by atoms with E-state index in [1.54, 1.807) is 0 Å². The van der Waals surface area contributed by atoms with Gasteiger partial charge < -0.3 is 10.4 Å². The van der Waals surface area contributed by atoms with Gasteiger partial charge in [-0.2, -0.15) is 0 Å². The van der Waals surface area contributed by atoms with Crippen molar-refractivity contribution in [2.75, 3.05) is 6.54 Å². The van der Waals surface area contributed by atoms with Crippen molar-refractivity contribution in [3.05, 3.63) is 71.8 Å². The largest absolute Gasteiger partial charge is 0.480 e. The Bertz CT molecular complexity index is 525. The molecule has 20 heavy (non-hydrogen) atoms. The first-order valence-electron chi connectivity index (χ1n) is 6.82. The van der Waals surface area contributed by atoms with Crippen LogP contribution in [0.4, 0.5) is 0 Å². The highest BCUT2D eigenvalue weighted by Crippen LogP contribution is 2.12. The predicted molar refractivity (Wildman–Crippen MR) is 79.6 cm³/mol. The number of carboxylic acid groups (broad SMARTS) is 1. The summed E-state index contributed by atoms with van der Waals surface area (Å²) in [5, 5.41) is 12.4. The minimum atomic E-state index is -0.837. The van der Waals surface area contributed by atoms with E-state index in [1.807, 2.05) is 48.5 Å². The molecule has 0 aliphatic rings. The Hall–Kier alpha value is -2.13. The van der Waals surface area contributed by atoms with Crippen molar-refractivity contribution in [2.24, 2.45) is 0 Å². The molecule has 3 nitrogen and oxygen atoms in total. The molecular weight excluding hydrogens is 250 g/mol. The van der Waals surface area contributed by atoms with Gasteiger partial charge in [-0.1, -0.05) is 60.7 Å². The van der Waals surface area contributed by atoms with Crippen molar-refractivity contribution in [1.29, 1.82) is 0 Å². The van der Waals surface area contributed by atoms with Gasteiger partial charge in [0.1, 0.15) is 6.04 Å². The van der Waals surface area contributed by atoms with Crippen LogP contribution in [0.2, 0.25) is 0 Å². The van der Waals surface area contributed by atoms with E-state index in [0.29, 0.717) is 6.54 Å². The van der Waals surface area contributed by atoms with Crippen LogP contribution in [0.25, 0.3) is 0 Å². The molecule has 0 aliphatic carbocycles. The average Bonchev–Trinajstić information content (AvgIpc) is 2.49. The van der Waals surface area contributed by atoms with Crippen LogP contribution in [0.3, 0.4) is 0 Å². The lowest BCUT2D eigenvalue weighted by atomic mass is 10.1. The van der Waals surface area contributed by atoms with E-state index < -0.39 is 12.0 Å². The van der Waals surface area contributed by atoms with Crippen LogP contribution in [0, 0.1) is 0 Å². The molecule has 1 atom stereocenters. The lowest BCUT2D eigenvalue weighted by molar-refractivity contribution is -0.139. The first kappa shape index (κ1) is 14.3. The van der Waals surface area contributed by atoms with Gasteiger partial charge >= 0.3 is 5.97 Å². The molecule has 2 rings (SSSR count). The Morgan fingerprint density at radius 2 is 1.60 bits per heavy atom. The smallest absolute Gasteiger partial charge is 0.325 e. The number of nitrogens with one attached hydrogen (secondary N) is 1. The fraction of sp³-hybridized carbons (Fsp3) is 0.235. The third-order valence-electron chi connectivity index (χ3n) is 3.21. The third-order valence-corrected chi connectivity index (χ3v) is 3.21. The van der Waals surface area contributed by atoms with Crippen molar-refractivity contribution >= 4 is 5.97 Å². The van der Waals surface area contributed by atoms with Gasteiger partial charge in [0.15, 0.2) is 0 Å². The molecular formula is C17H19NO2. The molecule has 0 bridgehead atoms. The van der Waals surface area contributed by atoms with Crippen LogP contribution in [-0.2, 0) is 11.2 Å². The zero-order valence-corrected chi connectivity index (χ0v) is 11.3. The Morgan fingerprint density at radius 3 is 2.20 bits per heavy atom. The summed E-state index contributed by atoms with van der Waals surface area (Å²) in [6, 6.07) is 18.9. The molecule has 0 amide bonds. The number of carbonyl (C=O) groups is 1. The zero-order valence-electron chi connectivity index (χ0n) is 11.3. The van der Waals surface area contributed by atoms with Crippen LogP contribution in [0.1, 0.15) is 23.6 Å². The fourth-order valence-corrected chi connectivity index (χ4v) is 2.18. The minimum absolute atomic E-state index is 0.632. The summed E-state index contributed by atoms with van der Waals surface area (Å²) >= 11 is 0. The second-order valence-corrected chi connectivity index (χ2v) is 4.73. The SMILES string of the molecule is O=C(O)C(NCCCc1ccccc1)c1ccccc1. The van der Waals surface area contributed by atoms with E-state index in [-0.39, 0.29) is 0 Å². The number of hydrogen-bond donors (Lipinski definition) is 2. The molecule has 2 aromatic rings. The van der Waals surface area contributed by atoms with Crippen molar-refractivity contribution in [1.82, 2.24) is 5.32 Å². The summed E-state index contributed by atoms with van der Waals surface area (Å²) in [6.45, 7) is 0.681. The Labute approximate surface area is 119 Å². The first-order valence-corrected chi connectivity index (χ1v) is 6.82. The highest BCUT2D eigenvalue weighted by atomic mass is 16.4. The van der Waals surface area contributed by atoms with Crippen molar-refractivity contribution in [3.8, 4) is 0 Å². The molecule has 0 heterocycles. The van der Waals surface area contributed by atoms with Gasteiger partial charge in [-0.25, -0.2) is 0 Å². The third kappa shape index (κ3) is 4.21. The van der Waals surface area contributed by atoms with Crippen LogP contribution >= 0.6 is 0 Å². The quantitative estimate of drug-likeness (QED) is 0.760. The number of hydrogen-bond acceptors (Lipinski definition) is 2.